The highest BCUT2D eigenvalue weighted by molar-refractivity contribution is 5.78. The summed E-state index contributed by atoms with van der Waals surface area (Å²) < 4.78 is 5.72. The van der Waals surface area contributed by atoms with Gasteiger partial charge in [-0.2, -0.15) is 0 Å². The van der Waals surface area contributed by atoms with Crippen molar-refractivity contribution in [1.82, 2.24) is 5.32 Å². The lowest BCUT2D eigenvalue weighted by Gasteiger charge is -2.20. The summed E-state index contributed by atoms with van der Waals surface area (Å²) in [5, 5.41) is 3.21. The summed E-state index contributed by atoms with van der Waals surface area (Å²) >= 11 is 0. The molecule has 1 aliphatic heterocycles. The van der Waals surface area contributed by atoms with E-state index in [2.05, 4.69) is 24.2 Å². The van der Waals surface area contributed by atoms with Gasteiger partial charge in [0.05, 0.1) is 6.10 Å². The summed E-state index contributed by atoms with van der Waals surface area (Å²) in [5.41, 5.74) is 5.81. The smallest absolute Gasteiger partial charge is 0.188 e. The van der Waals surface area contributed by atoms with Gasteiger partial charge in [-0.3, -0.25) is 4.99 Å². The molecule has 0 aromatic heterocycles. The maximum Gasteiger partial charge on any atom is 0.188 e. The Balaban J connectivity index is 1.78. The SMILES string of the molecule is CC(C)C1OCCC1CN=C(N)NC1CC1. The van der Waals surface area contributed by atoms with Crippen molar-refractivity contribution in [3.8, 4) is 0 Å². The van der Waals surface area contributed by atoms with Gasteiger partial charge in [-0.05, 0) is 25.2 Å². The van der Waals surface area contributed by atoms with Gasteiger partial charge >= 0.3 is 0 Å². The molecule has 2 aliphatic rings. The molecule has 2 fully saturated rings. The molecular formula is C12H23N3O. The maximum atomic E-state index is 5.81. The largest absolute Gasteiger partial charge is 0.378 e. The van der Waals surface area contributed by atoms with Gasteiger partial charge in [-0.15, -0.1) is 0 Å². The van der Waals surface area contributed by atoms with Crippen LogP contribution in [0.2, 0.25) is 0 Å². The number of ether oxygens (including phenoxy) is 1. The first-order valence-electron chi connectivity index (χ1n) is 6.35. The molecule has 1 saturated carbocycles. The molecule has 4 heteroatoms. The van der Waals surface area contributed by atoms with Crippen LogP contribution in [0.4, 0.5) is 0 Å². The molecule has 0 bridgehead atoms. The molecule has 4 nitrogen and oxygen atoms in total. The van der Waals surface area contributed by atoms with Crippen molar-refractivity contribution in [2.75, 3.05) is 13.2 Å². The average Bonchev–Trinajstić information content (AvgIpc) is 2.91. The van der Waals surface area contributed by atoms with E-state index < -0.39 is 0 Å². The number of aliphatic imine (C=N–C) groups is 1. The molecule has 1 saturated heterocycles. The standard InChI is InChI=1S/C12H23N3O/c1-8(2)11-9(5-6-16-11)7-14-12(13)15-10-3-4-10/h8-11H,3-7H2,1-2H3,(H3,13,14,15). The minimum atomic E-state index is 0.359. The first-order chi connectivity index (χ1) is 7.66. The van der Waals surface area contributed by atoms with Crippen LogP contribution in [-0.4, -0.2) is 31.3 Å². The van der Waals surface area contributed by atoms with E-state index in [0.717, 1.165) is 19.6 Å². The fraction of sp³-hybridized carbons (Fsp3) is 0.917. The van der Waals surface area contributed by atoms with E-state index in [1.54, 1.807) is 0 Å². The lowest BCUT2D eigenvalue weighted by Crippen LogP contribution is -2.34. The summed E-state index contributed by atoms with van der Waals surface area (Å²) in [7, 11) is 0. The predicted octanol–water partition coefficient (Wildman–Crippen LogP) is 1.11. The van der Waals surface area contributed by atoms with Crippen molar-refractivity contribution >= 4 is 5.96 Å². The van der Waals surface area contributed by atoms with Gasteiger partial charge in [-0.25, -0.2) is 0 Å². The van der Waals surface area contributed by atoms with Gasteiger partial charge in [-0.1, -0.05) is 13.8 Å². The van der Waals surface area contributed by atoms with Crippen LogP contribution in [0.15, 0.2) is 4.99 Å². The fourth-order valence-corrected chi connectivity index (χ4v) is 2.29. The van der Waals surface area contributed by atoms with Crippen molar-refractivity contribution in [2.45, 2.75) is 45.3 Å². The first-order valence-corrected chi connectivity index (χ1v) is 6.35. The highest BCUT2D eigenvalue weighted by Crippen LogP contribution is 2.26. The lowest BCUT2D eigenvalue weighted by molar-refractivity contribution is 0.0559. The van der Waals surface area contributed by atoms with Gasteiger partial charge < -0.3 is 15.8 Å². The van der Waals surface area contributed by atoms with Crippen LogP contribution in [0.1, 0.15) is 33.1 Å². The van der Waals surface area contributed by atoms with Crippen LogP contribution < -0.4 is 11.1 Å². The Labute approximate surface area is 97.6 Å². The Morgan fingerprint density at radius 1 is 1.44 bits per heavy atom. The van der Waals surface area contributed by atoms with Gasteiger partial charge in [0.25, 0.3) is 0 Å². The normalized spacial score (nSPS) is 31.1. The van der Waals surface area contributed by atoms with Gasteiger partial charge in [0.2, 0.25) is 0 Å². The molecule has 92 valence electrons. The van der Waals surface area contributed by atoms with Crippen LogP contribution >= 0.6 is 0 Å². The maximum absolute atomic E-state index is 5.81. The molecule has 3 N–H and O–H groups in total. The first kappa shape index (κ1) is 11.7. The van der Waals surface area contributed by atoms with E-state index in [1.165, 1.54) is 12.8 Å². The Kier molecular flexibility index (Phi) is 3.69. The second kappa shape index (κ2) is 5.04. The minimum Gasteiger partial charge on any atom is -0.378 e. The summed E-state index contributed by atoms with van der Waals surface area (Å²) in [6.07, 6.45) is 3.94. The molecule has 1 heterocycles. The second-order valence-corrected chi connectivity index (χ2v) is 5.27. The van der Waals surface area contributed by atoms with Crippen LogP contribution in [0.3, 0.4) is 0 Å². The average molecular weight is 225 g/mol. The minimum absolute atomic E-state index is 0.359. The zero-order valence-corrected chi connectivity index (χ0v) is 10.3. The fourth-order valence-electron chi connectivity index (χ4n) is 2.29. The van der Waals surface area contributed by atoms with E-state index in [-0.39, 0.29) is 0 Å². The Morgan fingerprint density at radius 2 is 2.19 bits per heavy atom. The monoisotopic (exact) mass is 225 g/mol. The third kappa shape index (κ3) is 3.11. The highest BCUT2D eigenvalue weighted by Gasteiger charge is 2.30. The van der Waals surface area contributed by atoms with Crippen LogP contribution in [0, 0.1) is 11.8 Å². The summed E-state index contributed by atoms with van der Waals surface area (Å²) in [5.74, 6) is 1.72. The summed E-state index contributed by atoms with van der Waals surface area (Å²) in [6, 6.07) is 0.587. The van der Waals surface area contributed by atoms with Crippen LogP contribution in [-0.2, 0) is 4.74 Å². The number of rotatable bonds is 4. The number of hydrogen-bond acceptors (Lipinski definition) is 2. The number of nitrogens with zero attached hydrogens (tertiary/aromatic N) is 1. The van der Waals surface area contributed by atoms with Gasteiger partial charge in [0, 0.05) is 25.1 Å². The van der Waals surface area contributed by atoms with E-state index in [1.807, 2.05) is 0 Å². The Morgan fingerprint density at radius 3 is 2.81 bits per heavy atom. The second-order valence-electron chi connectivity index (χ2n) is 5.27. The van der Waals surface area contributed by atoms with Crippen molar-refractivity contribution in [3.63, 3.8) is 0 Å². The zero-order valence-electron chi connectivity index (χ0n) is 10.3. The molecule has 1 aliphatic carbocycles. The Bertz CT molecular complexity index is 261. The molecule has 0 radical (unpaired) electrons. The van der Waals surface area contributed by atoms with E-state index in [0.29, 0.717) is 29.9 Å². The molecule has 0 aromatic rings. The van der Waals surface area contributed by atoms with Crippen LogP contribution in [0.25, 0.3) is 0 Å². The highest BCUT2D eigenvalue weighted by atomic mass is 16.5. The number of hydrogen-bond donors (Lipinski definition) is 2. The number of nitrogens with one attached hydrogen (secondary N) is 1. The van der Waals surface area contributed by atoms with E-state index in [4.69, 9.17) is 10.5 Å². The molecule has 2 unspecified atom stereocenters. The third-order valence-corrected chi connectivity index (χ3v) is 3.35. The zero-order chi connectivity index (χ0) is 11.5. The van der Waals surface area contributed by atoms with Gasteiger partial charge in [0.1, 0.15) is 0 Å². The van der Waals surface area contributed by atoms with Crippen molar-refractivity contribution < 1.29 is 4.74 Å². The Hall–Kier alpha value is -0.770. The summed E-state index contributed by atoms with van der Waals surface area (Å²) in [6.45, 7) is 6.09. The van der Waals surface area contributed by atoms with Crippen LogP contribution in [0.5, 0.6) is 0 Å². The molecule has 0 aromatic carbocycles. The molecule has 2 atom stereocenters. The quantitative estimate of drug-likeness (QED) is 0.556. The molecule has 2 rings (SSSR count). The third-order valence-electron chi connectivity index (χ3n) is 3.35. The lowest BCUT2D eigenvalue weighted by atomic mass is 9.93. The number of nitrogens with two attached hydrogens (primary N) is 1. The topological polar surface area (TPSA) is 59.6 Å². The molecule has 0 amide bonds. The molecule has 16 heavy (non-hydrogen) atoms. The van der Waals surface area contributed by atoms with Crippen molar-refractivity contribution in [3.05, 3.63) is 0 Å². The van der Waals surface area contributed by atoms with Crippen molar-refractivity contribution in [2.24, 2.45) is 22.6 Å². The van der Waals surface area contributed by atoms with Gasteiger partial charge in [0.15, 0.2) is 5.96 Å². The van der Waals surface area contributed by atoms with E-state index in [9.17, 15) is 0 Å². The molecular weight excluding hydrogens is 202 g/mol. The predicted molar refractivity (Wildman–Crippen MR) is 65.3 cm³/mol. The number of guanidine groups is 1. The molecule has 0 spiro atoms. The summed E-state index contributed by atoms with van der Waals surface area (Å²) in [4.78, 5) is 4.42. The van der Waals surface area contributed by atoms with Crippen molar-refractivity contribution in [1.29, 1.82) is 0 Å². The van der Waals surface area contributed by atoms with E-state index >= 15 is 0 Å².